The van der Waals surface area contributed by atoms with Gasteiger partial charge in [0.1, 0.15) is 0 Å². The van der Waals surface area contributed by atoms with Crippen molar-refractivity contribution >= 4 is 0 Å². The van der Waals surface area contributed by atoms with Crippen molar-refractivity contribution in [2.24, 2.45) is 35.5 Å². The molecule has 0 heteroatoms. The van der Waals surface area contributed by atoms with Crippen LogP contribution in [0.2, 0.25) is 0 Å². The van der Waals surface area contributed by atoms with E-state index < -0.39 is 6.37 Å². The first-order valence-electron chi connectivity index (χ1n) is 15.3. The first-order chi connectivity index (χ1) is 16.8. The normalized spacial score (nSPS) is 11.0. The first-order valence-corrected chi connectivity index (χ1v) is 14.3. The lowest BCUT2D eigenvalue weighted by Crippen LogP contribution is -1.82. The van der Waals surface area contributed by atoms with Gasteiger partial charge in [0.25, 0.3) is 0 Å². The van der Waals surface area contributed by atoms with E-state index >= 15 is 0 Å². The molecule has 0 fully saturated rings. The molecule has 0 aliphatic carbocycles. The third kappa shape index (κ3) is 124. The van der Waals surface area contributed by atoms with Crippen molar-refractivity contribution in [3.63, 3.8) is 0 Å². The van der Waals surface area contributed by atoms with E-state index in [1.807, 2.05) is 32.1 Å². The van der Waals surface area contributed by atoms with Crippen molar-refractivity contribution in [2.45, 2.75) is 142 Å². The molecule has 0 saturated heterocycles. The number of rotatable bonds is 10. The number of hydrogen-bond acceptors (Lipinski definition) is 0. The molecule has 0 spiro atoms. The quantitative estimate of drug-likeness (QED) is 0.264. The molecule has 35 heavy (non-hydrogen) atoms. The van der Waals surface area contributed by atoms with Crippen LogP contribution in [0.15, 0.2) is 50.1 Å². The van der Waals surface area contributed by atoms with E-state index in [0.717, 1.165) is 36.5 Å². The standard InChI is InChI=1S/2C7H14.C6H12.2C5H12.C5H10/c2*1-4-5-6-7(2)3;1-4-5-6(2)3;3*1-4-5(2)3/h4-5,7H,6H2,1-3H3;4,7H,1,5-6H2,2-3H3;4,6H,1,5H2,2-3H3;2*5H,4H2,1-3H3;4-5H,1H2,2-3H3/i;;;4D2;;. The second-order valence-corrected chi connectivity index (χ2v) is 11.1. The highest BCUT2D eigenvalue weighted by atomic mass is 13.9. The zero-order valence-corrected chi connectivity index (χ0v) is 27.5. The average Bonchev–Trinajstić information content (AvgIpc) is 2.77. The van der Waals surface area contributed by atoms with E-state index in [1.54, 1.807) is 6.92 Å². The number of allylic oxidation sites excluding steroid dienone is 5. The van der Waals surface area contributed by atoms with Crippen LogP contribution in [0.1, 0.15) is 145 Å². The second kappa shape index (κ2) is 43.1. The molecule has 214 valence electrons. The summed E-state index contributed by atoms with van der Waals surface area (Å²) in [7, 11) is 0. The molecule has 0 bridgehead atoms. The van der Waals surface area contributed by atoms with Crippen molar-refractivity contribution in [3.8, 4) is 0 Å². The molecule has 0 aromatic heterocycles. The smallest absolute Gasteiger partial charge is 0.0266 e. The molecule has 0 aliphatic heterocycles. The Bertz CT molecular complexity index is 446. The Kier molecular flexibility index (Phi) is 50.6. The van der Waals surface area contributed by atoms with Crippen LogP contribution in [0.4, 0.5) is 0 Å². The molecule has 0 saturated carbocycles. The Labute approximate surface area is 230 Å². The molecule has 0 aromatic rings. The Morgan fingerprint density at radius 2 is 1.00 bits per heavy atom. The van der Waals surface area contributed by atoms with E-state index in [1.165, 1.54) is 19.3 Å². The second-order valence-electron chi connectivity index (χ2n) is 11.1. The Morgan fingerprint density at radius 3 is 1.06 bits per heavy atom. The summed E-state index contributed by atoms with van der Waals surface area (Å²) in [5.41, 5.74) is 0. The Hall–Kier alpha value is -1.04. The Morgan fingerprint density at radius 1 is 0.629 bits per heavy atom. The minimum absolute atomic E-state index is 0.132. The van der Waals surface area contributed by atoms with Gasteiger partial charge in [-0.1, -0.05) is 140 Å². The van der Waals surface area contributed by atoms with Gasteiger partial charge < -0.3 is 0 Å². The first kappa shape index (κ1) is 41.1. The molecular formula is C35H74. The zero-order chi connectivity index (χ0) is 31.0. The highest BCUT2D eigenvalue weighted by molar-refractivity contribution is 4.77. The van der Waals surface area contributed by atoms with Crippen LogP contribution in [0.25, 0.3) is 0 Å². The van der Waals surface area contributed by atoms with Gasteiger partial charge in [0, 0.05) is 2.74 Å². The van der Waals surface area contributed by atoms with Crippen LogP contribution in [0.3, 0.4) is 0 Å². The molecule has 0 aromatic carbocycles. The Balaban J connectivity index is -0.0000000784. The molecule has 0 amide bonds. The summed E-state index contributed by atoms with van der Waals surface area (Å²) in [6.45, 7) is 42.3. The highest BCUT2D eigenvalue weighted by Crippen LogP contribution is 2.02. The molecule has 0 N–H and O–H groups in total. The molecule has 0 rings (SSSR count). The minimum Gasteiger partial charge on any atom is -0.103 e. The molecule has 0 heterocycles. The maximum atomic E-state index is 7.05. The van der Waals surface area contributed by atoms with Crippen LogP contribution in [0.5, 0.6) is 0 Å². The summed E-state index contributed by atoms with van der Waals surface area (Å²) in [6.07, 6.45) is 15.2. The van der Waals surface area contributed by atoms with Crippen molar-refractivity contribution in [1.82, 2.24) is 0 Å². The lowest BCUT2D eigenvalue weighted by atomic mass is 10.1. The average molecular weight is 497 g/mol. The lowest BCUT2D eigenvalue weighted by molar-refractivity contribution is 0.594. The topological polar surface area (TPSA) is 0 Å². The summed E-state index contributed by atoms with van der Waals surface area (Å²) in [6, 6.07) is 0. The third-order valence-electron chi connectivity index (χ3n) is 4.29. The van der Waals surface area contributed by atoms with Gasteiger partial charge >= 0.3 is 0 Å². The maximum Gasteiger partial charge on any atom is 0.0266 e. The van der Waals surface area contributed by atoms with Gasteiger partial charge in [0.05, 0.1) is 0 Å². The van der Waals surface area contributed by atoms with E-state index in [2.05, 4.69) is 115 Å². The largest absolute Gasteiger partial charge is 0.103 e. The monoisotopic (exact) mass is 497 g/mol. The summed E-state index contributed by atoms with van der Waals surface area (Å²) in [4.78, 5) is 0. The predicted molar refractivity (Wildman–Crippen MR) is 173 cm³/mol. The van der Waals surface area contributed by atoms with Crippen molar-refractivity contribution in [3.05, 3.63) is 50.1 Å². The van der Waals surface area contributed by atoms with Crippen LogP contribution >= 0.6 is 0 Å². The summed E-state index contributed by atoms with van der Waals surface area (Å²) >= 11 is 0. The summed E-state index contributed by atoms with van der Waals surface area (Å²) in [5.74, 6) is 4.09. The molecule has 0 atom stereocenters. The van der Waals surface area contributed by atoms with Gasteiger partial charge in [0.15, 0.2) is 0 Å². The summed E-state index contributed by atoms with van der Waals surface area (Å²) in [5, 5.41) is 0. The minimum atomic E-state index is -1.00. The third-order valence-corrected chi connectivity index (χ3v) is 4.29. The highest BCUT2D eigenvalue weighted by Gasteiger charge is 1.87. The zero-order valence-electron chi connectivity index (χ0n) is 29.5. The van der Waals surface area contributed by atoms with Gasteiger partial charge in [-0.3, -0.25) is 0 Å². The molecule has 0 aliphatic rings. The van der Waals surface area contributed by atoms with E-state index in [0.29, 0.717) is 5.92 Å². The fraction of sp³-hybridized carbons (Fsp3) is 0.771. The van der Waals surface area contributed by atoms with Gasteiger partial charge in [-0.2, -0.15) is 0 Å². The maximum absolute atomic E-state index is 7.05. The SMILES string of the molecule is C=CC(C)C.C=CCC(C)C.C=CCCC(C)C.CC=CCC(C)C.CCC(C)C.[2H]C([2H])(C)C(C)C. The van der Waals surface area contributed by atoms with E-state index in [4.69, 9.17) is 2.74 Å². The predicted octanol–water partition coefficient (Wildman–Crippen LogP) is 13.4. The van der Waals surface area contributed by atoms with Gasteiger partial charge in [-0.25, -0.2) is 0 Å². The van der Waals surface area contributed by atoms with Crippen molar-refractivity contribution in [1.29, 1.82) is 0 Å². The van der Waals surface area contributed by atoms with Crippen LogP contribution in [-0.2, 0) is 0 Å². The van der Waals surface area contributed by atoms with Gasteiger partial charge in [-0.05, 0) is 68.1 Å². The van der Waals surface area contributed by atoms with E-state index in [-0.39, 0.29) is 5.92 Å². The van der Waals surface area contributed by atoms with Crippen LogP contribution < -0.4 is 0 Å². The number of hydrogen-bond donors (Lipinski definition) is 0. The lowest BCUT2D eigenvalue weighted by Gasteiger charge is -1.96. The van der Waals surface area contributed by atoms with Gasteiger partial charge in [0.2, 0.25) is 0 Å². The van der Waals surface area contributed by atoms with Crippen molar-refractivity contribution < 1.29 is 2.74 Å². The summed E-state index contributed by atoms with van der Waals surface area (Å²) < 4.78 is 14.1. The molecular weight excluding hydrogens is 420 g/mol. The van der Waals surface area contributed by atoms with E-state index in [9.17, 15) is 0 Å². The van der Waals surface area contributed by atoms with Gasteiger partial charge in [-0.15, -0.1) is 19.7 Å². The fourth-order valence-electron chi connectivity index (χ4n) is 1.19. The molecule has 0 nitrogen and oxygen atoms in total. The van der Waals surface area contributed by atoms with Crippen molar-refractivity contribution in [2.75, 3.05) is 0 Å². The van der Waals surface area contributed by atoms with Crippen LogP contribution in [-0.4, -0.2) is 0 Å². The van der Waals surface area contributed by atoms with Crippen LogP contribution in [0, 0.1) is 35.5 Å². The molecule has 0 radical (unpaired) electrons. The molecule has 0 unspecified atom stereocenters. The fourth-order valence-corrected chi connectivity index (χ4v) is 1.19.